The Morgan fingerprint density at radius 1 is 1.43 bits per heavy atom. The number of sulfonamides is 1. The molecule has 1 heterocycles. The van der Waals surface area contributed by atoms with Crippen molar-refractivity contribution in [2.45, 2.75) is 13.3 Å². The zero-order valence-corrected chi connectivity index (χ0v) is 9.16. The van der Waals surface area contributed by atoms with Gasteiger partial charge in [0.1, 0.15) is 5.82 Å². The Balaban J connectivity index is 2.91. The molecule has 1 rings (SSSR count). The van der Waals surface area contributed by atoms with E-state index in [2.05, 4.69) is 4.98 Å². The van der Waals surface area contributed by atoms with Crippen molar-refractivity contribution in [1.29, 1.82) is 0 Å². The molecule has 78 valence electrons. The molecule has 0 aliphatic heterocycles. The Labute approximate surface area is 84.6 Å². The van der Waals surface area contributed by atoms with Crippen LogP contribution in [0, 0.1) is 0 Å². The van der Waals surface area contributed by atoms with E-state index in [1.54, 1.807) is 24.4 Å². The molecular weight excluding hydrogens is 200 g/mol. The van der Waals surface area contributed by atoms with Crippen LogP contribution in [-0.2, 0) is 10.0 Å². The van der Waals surface area contributed by atoms with E-state index in [0.29, 0.717) is 12.2 Å². The van der Waals surface area contributed by atoms with Crippen LogP contribution in [0.3, 0.4) is 0 Å². The monoisotopic (exact) mass is 214 g/mol. The fourth-order valence-electron chi connectivity index (χ4n) is 1.08. The third-order valence-corrected chi connectivity index (χ3v) is 3.80. The van der Waals surface area contributed by atoms with Gasteiger partial charge >= 0.3 is 0 Å². The van der Waals surface area contributed by atoms with Gasteiger partial charge < -0.3 is 0 Å². The summed E-state index contributed by atoms with van der Waals surface area (Å²) in [5.74, 6) is 0.612. The van der Waals surface area contributed by atoms with E-state index < -0.39 is 10.0 Å². The van der Waals surface area contributed by atoms with Crippen molar-refractivity contribution in [3.63, 3.8) is 0 Å². The molecule has 4 nitrogen and oxygen atoms in total. The molecule has 14 heavy (non-hydrogen) atoms. The number of hydrogen-bond donors (Lipinski definition) is 0. The van der Waals surface area contributed by atoms with Crippen LogP contribution in [0.2, 0.25) is 0 Å². The van der Waals surface area contributed by atoms with Crippen molar-refractivity contribution in [3.8, 4) is 0 Å². The Bertz CT molecular complexity index is 375. The summed E-state index contributed by atoms with van der Waals surface area (Å²) in [7, 11) is -1.67. The van der Waals surface area contributed by atoms with Crippen molar-refractivity contribution in [2.75, 3.05) is 17.1 Å². The SMILES string of the molecule is CCCS(=O)(=O)N(C)c1ccccn1. The Morgan fingerprint density at radius 2 is 2.14 bits per heavy atom. The number of hydrogen-bond acceptors (Lipinski definition) is 3. The topological polar surface area (TPSA) is 50.3 Å². The summed E-state index contributed by atoms with van der Waals surface area (Å²) in [6.07, 6.45) is 2.19. The third-order valence-electron chi connectivity index (χ3n) is 1.85. The van der Waals surface area contributed by atoms with E-state index in [0.717, 1.165) is 0 Å². The van der Waals surface area contributed by atoms with Crippen LogP contribution in [0.4, 0.5) is 5.82 Å². The summed E-state index contributed by atoms with van der Waals surface area (Å²) in [6.45, 7) is 1.84. The zero-order valence-electron chi connectivity index (χ0n) is 8.34. The molecule has 5 heteroatoms. The Hall–Kier alpha value is -1.10. The highest BCUT2D eigenvalue weighted by atomic mass is 32.2. The maximum absolute atomic E-state index is 11.6. The van der Waals surface area contributed by atoms with Gasteiger partial charge in [0.05, 0.1) is 5.75 Å². The van der Waals surface area contributed by atoms with Gasteiger partial charge in [0, 0.05) is 13.2 Å². The first kappa shape index (κ1) is 11.0. The fourth-order valence-corrected chi connectivity index (χ4v) is 2.26. The first-order valence-electron chi connectivity index (χ1n) is 4.45. The van der Waals surface area contributed by atoms with Gasteiger partial charge in [-0.2, -0.15) is 0 Å². The van der Waals surface area contributed by atoms with Crippen LogP contribution >= 0.6 is 0 Å². The average molecular weight is 214 g/mol. The van der Waals surface area contributed by atoms with Gasteiger partial charge in [0.25, 0.3) is 0 Å². The molecule has 0 aliphatic carbocycles. The van der Waals surface area contributed by atoms with Crippen LogP contribution in [0.1, 0.15) is 13.3 Å². The molecule has 0 radical (unpaired) electrons. The molecule has 0 aliphatic rings. The quantitative estimate of drug-likeness (QED) is 0.758. The van der Waals surface area contributed by atoms with Gasteiger partial charge in [-0.25, -0.2) is 13.4 Å². The third kappa shape index (κ3) is 2.45. The molecule has 0 fully saturated rings. The molecule has 0 saturated heterocycles. The van der Waals surface area contributed by atoms with Crippen LogP contribution in [-0.4, -0.2) is 26.2 Å². The van der Waals surface area contributed by atoms with Crippen molar-refractivity contribution < 1.29 is 8.42 Å². The fraction of sp³-hybridized carbons (Fsp3) is 0.444. The second kappa shape index (κ2) is 4.41. The average Bonchev–Trinajstić information content (AvgIpc) is 2.18. The minimum Gasteiger partial charge on any atom is -0.257 e. The first-order valence-corrected chi connectivity index (χ1v) is 6.06. The van der Waals surface area contributed by atoms with Crippen LogP contribution in [0.5, 0.6) is 0 Å². The van der Waals surface area contributed by atoms with Crippen LogP contribution in [0.15, 0.2) is 24.4 Å². The van der Waals surface area contributed by atoms with Gasteiger partial charge in [0.15, 0.2) is 0 Å². The lowest BCUT2D eigenvalue weighted by atomic mass is 10.5. The van der Waals surface area contributed by atoms with Gasteiger partial charge in [-0.1, -0.05) is 13.0 Å². The smallest absolute Gasteiger partial charge is 0.236 e. The van der Waals surface area contributed by atoms with Crippen molar-refractivity contribution in [2.24, 2.45) is 0 Å². The molecule has 0 saturated carbocycles. The molecule has 0 bridgehead atoms. The van der Waals surface area contributed by atoms with E-state index in [1.165, 1.54) is 11.4 Å². The second-order valence-electron chi connectivity index (χ2n) is 2.97. The van der Waals surface area contributed by atoms with Crippen molar-refractivity contribution in [3.05, 3.63) is 24.4 Å². The van der Waals surface area contributed by atoms with E-state index >= 15 is 0 Å². The molecular formula is C9H14N2O2S. The molecule has 1 aromatic rings. The highest BCUT2D eigenvalue weighted by Crippen LogP contribution is 2.12. The maximum Gasteiger partial charge on any atom is 0.236 e. The molecule has 0 atom stereocenters. The lowest BCUT2D eigenvalue weighted by Crippen LogP contribution is -2.29. The first-order chi connectivity index (χ1) is 6.58. The van der Waals surface area contributed by atoms with Crippen LogP contribution < -0.4 is 4.31 Å². The summed E-state index contributed by atoms with van der Waals surface area (Å²) < 4.78 is 24.5. The highest BCUT2D eigenvalue weighted by molar-refractivity contribution is 7.92. The molecule has 1 aromatic heterocycles. The van der Waals surface area contributed by atoms with Gasteiger partial charge in [-0.3, -0.25) is 4.31 Å². The summed E-state index contributed by atoms with van der Waals surface area (Å²) in [4.78, 5) is 3.97. The number of anilines is 1. The van der Waals surface area contributed by atoms with E-state index in [-0.39, 0.29) is 5.75 Å². The minimum absolute atomic E-state index is 0.153. The largest absolute Gasteiger partial charge is 0.257 e. The van der Waals surface area contributed by atoms with E-state index in [1.807, 2.05) is 6.92 Å². The van der Waals surface area contributed by atoms with Gasteiger partial charge in [-0.05, 0) is 18.6 Å². The lowest BCUT2D eigenvalue weighted by Gasteiger charge is -2.17. The second-order valence-corrected chi connectivity index (χ2v) is 5.09. The Morgan fingerprint density at radius 3 is 2.64 bits per heavy atom. The van der Waals surface area contributed by atoms with Gasteiger partial charge in [-0.15, -0.1) is 0 Å². The molecule has 0 N–H and O–H groups in total. The van der Waals surface area contributed by atoms with Crippen molar-refractivity contribution >= 4 is 15.8 Å². The maximum atomic E-state index is 11.6. The van der Waals surface area contributed by atoms with E-state index in [4.69, 9.17) is 0 Å². The summed E-state index contributed by atoms with van der Waals surface area (Å²) in [5.41, 5.74) is 0. The summed E-state index contributed by atoms with van der Waals surface area (Å²) >= 11 is 0. The molecule has 0 amide bonds. The van der Waals surface area contributed by atoms with Gasteiger partial charge in [0.2, 0.25) is 10.0 Å². The van der Waals surface area contributed by atoms with E-state index in [9.17, 15) is 8.42 Å². The predicted molar refractivity (Wildman–Crippen MR) is 56.7 cm³/mol. The number of pyridine rings is 1. The number of rotatable bonds is 4. The lowest BCUT2D eigenvalue weighted by molar-refractivity contribution is 0.592. The zero-order chi connectivity index (χ0) is 10.6. The summed E-state index contributed by atoms with van der Waals surface area (Å²) in [5, 5.41) is 0. The summed E-state index contributed by atoms with van der Waals surface area (Å²) in [6, 6.07) is 5.19. The van der Waals surface area contributed by atoms with Crippen LogP contribution in [0.25, 0.3) is 0 Å². The van der Waals surface area contributed by atoms with Crippen molar-refractivity contribution in [1.82, 2.24) is 4.98 Å². The number of nitrogens with zero attached hydrogens (tertiary/aromatic N) is 2. The number of aromatic nitrogens is 1. The highest BCUT2D eigenvalue weighted by Gasteiger charge is 2.17. The minimum atomic E-state index is -3.19. The predicted octanol–water partition coefficient (Wildman–Crippen LogP) is 1.26. The standard InChI is InChI=1S/C9H14N2O2S/c1-3-8-14(12,13)11(2)9-6-4-5-7-10-9/h4-7H,3,8H2,1-2H3. The molecule has 0 spiro atoms. The molecule has 0 unspecified atom stereocenters. The Kier molecular flexibility index (Phi) is 3.46. The normalized spacial score (nSPS) is 11.3. The molecule has 0 aromatic carbocycles.